The van der Waals surface area contributed by atoms with Crippen molar-refractivity contribution >= 4 is 28.9 Å². The molecule has 0 atom stereocenters. The van der Waals surface area contributed by atoms with Crippen LogP contribution < -0.4 is 0 Å². The van der Waals surface area contributed by atoms with Crippen LogP contribution in [0.2, 0.25) is 5.02 Å². The van der Waals surface area contributed by atoms with Gasteiger partial charge in [0.2, 0.25) is 0 Å². The number of benzene rings is 1. The van der Waals surface area contributed by atoms with Crippen LogP contribution in [0.15, 0.2) is 24.4 Å². The number of alkyl halides is 1. The number of nitro groups is 1. The zero-order valence-electron chi connectivity index (χ0n) is 8.38. The molecule has 0 saturated heterocycles. The molecule has 6 nitrogen and oxygen atoms in total. The van der Waals surface area contributed by atoms with E-state index in [0.29, 0.717) is 11.4 Å². The molecule has 88 valence electrons. The zero-order valence-corrected chi connectivity index (χ0v) is 9.89. The van der Waals surface area contributed by atoms with E-state index in [9.17, 15) is 10.1 Å². The molecule has 0 bridgehead atoms. The lowest BCUT2D eigenvalue weighted by Crippen LogP contribution is -1.96. The van der Waals surface area contributed by atoms with Crippen LogP contribution in [0.1, 0.15) is 5.69 Å². The quantitative estimate of drug-likeness (QED) is 0.489. The van der Waals surface area contributed by atoms with E-state index in [4.69, 9.17) is 23.2 Å². The van der Waals surface area contributed by atoms with Crippen molar-refractivity contribution in [3.05, 3.63) is 45.2 Å². The molecule has 0 aliphatic heterocycles. The first-order valence-corrected chi connectivity index (χ1v) is 5.44. The number of hydrogen-bond acceptors (Lipinski definition) is 4. The van der Waals surface area contributed by atoms with Gasteiger partial charge in [-0.2, -0.15) is 0 Å². The van der Waals surface area contributed by atoms with Gasteiger partial charge in [-0.3, -0.25) is 10.1 Å². The number of aromatic nitrogens is 3. The molecule has 0 aliphatic rings. The second-order valence-corrected chi connectivity index (χ2v) is 3.86. The van der Waals surface area contributed by atoms with E-state index < -0.39 is 4.92 Å². The molecule has 2 aromatic rings. The summed E-state index contributed by atoms with van der Waals surface area (Å²) < 4.78 is 1.45. The minimum atomic E-state index is -0.544. The maximum Gasteiger partial charge on any atom is 0.288 e. The molecule has 0 spiro atoms. The summed E-state index contributed by atoms with van der Waals surface area (Å²) in [6.07, 6.45) is 1.63. The summed E-state index contributed by atoms with van der Waals surface area (Å²) in [7, 11) is 0. The molecule has 0 amide bonds. The summed E-state index contributed by atoms with van der Waals surface area (Å²) in [4.78, 5) is 10.0. The van der Waals surface area contributed by atoms with Crippen molar-refractivity contribution in [3.8, 4) is 5.69 Å². The first kappa shape index (κ1) is 11.8. The third-order valence-corrected chi connectivity index (χ3v) is 2.65. The molecule has 1 aromatic carbocycles. The van der Waals surface area contributed by atoms with Crippen LogP contribution in [0.3, 0.4) is 0 Å². The fourth-order valence-corrected chi connectivity index (χ4v) is 1.64. The van der Waals surface area contributed by atoms with Gasteiger partial charge in [0.15, 0.2) is 0 Å². The summed E-state index contributed by atoms with van der Waals surface area (Å²) in [5, 5.41) is 18.3. The van der Waals surface area contributed by atoms with Gasteiger partial charge in [-0.05, 0) is 12.1 Å². The Morgan fingerprint density at radius 1 is 1.47 bits per heavy atom. The second-order valence-electron chi connectivity index (χ2n) is 3.18. The van der Waals surface area contributed by atoms with Crippen LogP contribution in [-0.4, -0.2) is 19.9 Å². The van der Waals surface area contributed by atoms with Crippen molar-refractivity contribution in [1.82, 2.24) is 15.0 Å². The molecule has 0 saturated carbocycles. The van der Waals surface area contributed by atoms with E-state index in [2.05, 4.69) is 10.3 Å². The third kappa shape index (κ3) is 2.37. The number of halogens is 2. The van der Waals surface area contributed by atoms with Crippen LogP contribution in [0, 0.1) is 10.1 Å². The molecular formula is C9H6Cl2N4O2. The summed E-state index contributed by atoms with van der Waals surface area (Å²) in [6, 6.07) is 4.31. The molecule has 2 rings (SSSR count). The Kier molecular flexibility index (Phi) is 3.26. The van der Waals surface area contributed by atoms with Gasteiger partial charge in [0, 0.05) is 6.07 Å². The first-order chi connectivity index (χ1) is 8.11. The molecular weight excluding hydrogens is 267 g/mol. The van der Waals surface area contributed by atoms with Gasteiger partial charge < -0.3 is 0 Å². The Morgan fingerprint density at radius 2 is 2.24 bits per heavy atom. The van der Waals surface area contributed by atoms with Crippen molar-refractivity contribution < 1.29 is 4.92 Å². The highest BCUT2D eigenvalue weighted by Crippen LogP contribution is 2.26. The minimum Gasteiger partial charge on any atom is -0.258 e. The number of nitrogens with zero attached hydrogens (tertiary/aromatic N) is 4. The number of nitro benzene ring substituents is 1. The lowest BCUT2D eigenvalue weighted by Gasteiger charge is -2.00. The van der Waals surface area contributed by atoms with Crippen molar-refractivity contribution in [2.75, 3.05) is 0 Å². The van der Waals surface area contributed by atoms with E-state index in [1.165, 1.54) is 22.9 Å². The minimum absolute atomic E-state index is 0.0513. The lowest BCUT2D eigenvalue weighted by molar-refractivity contribution is -0.384. The Bertz CT molecular complexity index is 570. The van der Waals surface area contributed by atoms with E-state index in [0.717, 1.165) is 0 Å². The molecule has 1 heterocycles. The highest BCUT2D eigenvalue weighted by atomic mass is 35.5. The molecule has 0 fully saturated rings. The highest BCUT2D eigenvalue weighted by Gasteiger charge is 2.13. The predicted octanol–water partition coefficient (Wildman–Crippen LogP) is 2.57. The Labute approximate surface area is 106 Å². The van der Waals surface area contributed by atoms with Gasteiger partial charge in [-0.25, -0.2) is 4.68 Å². The van der Waals surface area contributed by atoms with Crippen molar-refractivity contribution in [3.63, 3.8) is 0 Å². The summed E-state index contributed by atoms with van der Waals surface area (Å²) >= 11 is 11.4. The van der Waals surface area contributed by atoms with E-state index in [1.54, 1.807) is 6.20 Å². The topological polar surface area (TPSA) is 73.8 Å². The van der Waals surface area contributed by atoms with E-state index in [-0.39, 0.29) is 16.6 Å². The Balaban J connectivity index is 2.40. The van der Waals surface area contributed by atoms with Crippen molar-refractivity contribution in [2.24, 2.45) is 0 Å². The fraction of sp³-hybridized carbons (Fsp3) is 0.111. The Morgan fingerprint density at radius 3 is 2.76 bits per heavy atom. The average Bonchev–Trinajstić information content (AvgIpc) is 2.76. The molecule has 0 N–H and O–H groups in total. The van der Waals surface area contributed by atoms with Gasteiger partial charge in [-0.15, -0.1) is 16.7 Å². The normalized spacial score (nSPS) is 10.5. The maximum atomic E-state index is 10.6. The number of hydrogen-bond donors (Lipinski definition) is 0. The lowest BCUT2D eigenvalue weighted by atomic mass is 10.3. The smallest absolute Gasteiger partial charge is 0.258 e. The third-order valence-electron chi connectivity index (χ3n) is 2.07. The monoisotopic (exact) mass is 272 g/mol. The van der Waals surface area contributed by atoms with Crippen molar-refractivity contribution in [2.45, 2.75) is 5.88 Å². The number of rotatable bonds is 3. The van der Waals surface area contributed by atoms with Gasteiger partial charge in [0.1, 0.15) is 5.02 Å². The molecule has 17 heavy (non-hydrogen) atoms. The molecule has 0 unspecified atom stereocenters. The van der Waals surface area contributed by atoms with Crippen LogP contribution in [-0.2, 0) is 5.88 Å². The molecule has 1 aromatic heterocycles. The summed E-state index contributed by atoms with van der Waals surface area (Å²) in [6.45, 7) is 0. The summed E-state index contributed by atoms with van der Waals surface area (Å²) in [5.41, 5.74) is 1.05. The van der Waals surface area contributed by atoms with Gasteiger partial charge in [-0.1, -0.05) is 16.8 Å². The van der Waals surface area contributed by atoms with Crippen LogP contribution >= 0.6 is 23.2 Å². The largest absolute Gasteiger partial charge is 0.288 e. The van der Waals surface area contributed by atoms with Crippen LogP contribution in [0.25, 0.3) is 5.69 Å². The SMILES string of the molecule is O=[N+]([O-])c1ccc(-n2cc(CCl)nn2)cc1Cl. The molecule has 0 aliphatic carbocycles. The van der Waals surface area contributed by atoms with Crippen LogP contribution in [0.4, 0.5) is 5.69 Å². The van der Waals surface area contributed by atoms with Crippen molar-refractivity contribution in [1.29, 1.82) is 0 Å². The highest BCUT2D eigenvalue weighted by molar-refractivity contribution is 6.32. The first-order valence-electron chi connectivity index (χ1n) is 4.53. The predicted molar refractivity (Wildman–Crippen MR) is 62.6 cm³/mol. The fourth-order valence-electron chi connectivity index (χ4n) is 1.27. The van der Waals surface area contributed by atoms with E-state index in [1.807, 2.05) is 0 Å². The maximum absolute atomic E-state index is 10.6. The molecule has 0 radical (unpaired) electrons. The van der Waals surface area contributed by atoms with E-state index >= 15 is 0 Å². The van der Waals surface area contributed by atoms with Crippen LogP contribution in [0.5, 0.6) is 0 Å². The van der Waals surface area contributed by atoms with Gasteiger partial charge in [0.25, 0.3) is 5.69 Å². The average molecular weight is 273 g/mol. The molecule has 8 heteroatoms. The van der Waals surface area contributed by atoms with Gasteiger partial charge >= 0.3 is 0 Å². The van der Waals surface area contributed by atoms with Gasteiger partial charge in [0.05, 0.1) is 28.4 Å². The Hall–Kier alpha value is -1.66. The zero-order chi connectivity index (χ0) is 12.4. The standard InChI is InChI=1S/C9H6Cl2N4O2/c10-4-6-5-14(13-12-6)7-1-2-9(15(16)17)8(11)3-7/h1-3,5H,4H2. The summed E-state index contributed by atoms with van der Waals surface area (Å²) in [5.74, 6) is 0.251. The second kappa shape index (κ2) is 4.68.